The first kappa shape index (κ1) is 15.7. The molecular formula is C16H32. The van der Waals surface area contributed by atoms with Crippen LogP contribution in [0.2, 0.25) is 0 Å². The Hall–Kier alpha value is -0.260. The van der Waals surface area contributed by atoms with Crippen molar-refractivity contribution in [3.63, 3.8) is 0 Å². The molecule has 16 heavy (non-hydrogen) atoms. The largest absolute Gasteiger partial charge is 0.0999 e. The molecule has 0 bridgehead atoms. The summed E-state index contributed by atoms with van der Waals surface area (Å²) in [6.07, 6.45) is 10.6. The van der Waals surface area contributed by atoms with Crippen molar-refractivity contribution in [1.82, 2.24) is 0 Å². The van der Waals surface area contributed by atoms with Gasteiger partial charge in [-0.3, -0.25) is 0 Å². The van der Waals surface area contributed by atoms with Crippen molar-refractivity contribution < 1.29 is 0 Å². The minimum Gasteiger partial charge on any atom is -0.0999 e. The monoisotopic (exact) mass is 224 g/mol. The first-order valence-electron chi connectivity index (χ1n) is 7.26. The molecular weight excluding hydrogens is 192 g/mol. The molecule has 2 atom stereocenters. The zero-order valence-electron chi connectivity index (χ0n) is 12.0. The average molecular weight is 224 g/mol. The van der Waals surface area contributed by atoms with Gasteiger partial charge in [0, 0.05) is 0 Å². The summed E-state index contributed by atoms with van der Waals surface area (Å²) in [4.78, 5) is 0. The maximum Gasteiger partial charge on any atom is -0.0320 e. The fourth-order valence-corrected chi connectivity index (χ4v) is 2.12. The van der Waals surface area contributed by atoms with Crippen LogP contribution >= 0.6 is 0 Å². The standard InChI is InChI=1S/C16H32/c1-6-9-15(4)10-8-11-16(5)13-12-14(3)7-2/h14-15H,5-13H2,1-4H3. The number of hydrogen-bond donors (Lipinski definition) is 0. The number of hydrogen-bond acceptors (Lipinski definition) is 0. The van der Waals surface area contributed by atoms with E-state index in [1.54, 1.807) is 0 Å². The van der Waals surface area contributed by atoms with Crippen LogP contribution in [0.15, 0.2) is 12.2 Å². The van der Waals surface area contributed by atoms with E-state index < -0.39 is 0 Å². The third-order valence-corrected chi connectivity index (χ3v) is 3.70. The summed E-state index contributed by atoms with van der Waals surface area (Å²) in [5, 5.41) is 0. The van der Waals surface area contributed by atoms with Crippen molar-refractivity contribution in [2.75, 3.05) is 0 Å². The van der Waals surface area contributed by atoms with E-state index in [0.717, 1.165) is 11.8 Å². The molecule has 0 spiro atoms. The lowest BCUT2D eigenvalue weighted by molar-refractivity contribution is 0.462. The second kappa shape index (κ2) is 9.93. The minimum absolute atomic E-state index is 0.871. The lowest BCUT2D eigenvalue weighted by Gasteiger charge is -2.12. The van der Waals surface area contributed by atoms with Gasteiger partial charge in [-0.2, -0.15) is 0 Å². The Bertz CT molecular complexity index is 169. The van der Waals surface area contributed by atoms with Crippen molar-refractivity contribution in [3.8, 4) is 0 Å². The molecule has 0 nitrogen and oxygen atoms in total. The Kier molecular flexibility index (Phi) is 9.77. The van der Waals surface area contributed by atoms with Gasteiger partial charge < -0.3 is 0 Å². The van der Waals surface area contributed by atoms with E-state index in [9.17, 15) is 0 Å². The molecule has 0 rings (SSSR count). The molecule has 0 N–H and O–H groups in total. The van der Waals surface area contributed by atoms with Crippen LogP contribution < -0.4 is 0 Å². The Balaban J connectivity index is 3.43. The molecule has 0 saturated carbocycles. The molecule has 0 heteroatoms. The van der Waals surface area contributed by atoms with Gasteiger partial charge in [-0.05, 0) is 37.5 Å². The summed E-state index contributed by atoms with van der Waals surface area (Å²) in [7, 11) is 0. The second-order valence-corrected chi connectivity index (χ2v) is 5.59. The molecule has 0 saturated heterocycles. The predicted octanol–water partition coefficient (Wildman–Crippen LogP) is 5.98. The van der Waals surface area contributed by atoms with Gasteiger partial charge in [0.25, 0.3) is 0 Å². The van der Waals surface area contributed by atoms with E-state index in [1.807, 2.05) is 0 Å². The molecule has 0 aromatic rings. The molecule has 96 valence electrons. The lowest BCUT2D eigenvalue weighted by Crippen LogP contribution is -1.96. The zero-order chi connectivity index (χ0) is 12.4. The van der Waals surface area contributed by atoms with Crippen LogP contribution in [0.1, 0.15) is 79.1 Å². The summed E-state index contributed by atoms with van der Waals surface area (Å²) in [5.41, 5.74) is 1.48. The highest BCUT2D eigenvalue weighted by atomic mass is 14.1. The Morgan fingerprint density at radius 2 is 1.62 bits per heavy atom. The van der Waals surface area contributed by atoms with Gasteiger partial charge >= 0.3 is 0 Å². The van der Waals surface area contributed by atoms with Gasteiger partial charge in [0.15, 0.2) is 0 Å². The highest BCUT2D eigenvalue weighted by molar-refractivity contribution is 4.93. The van der Waals surface area contributed by atoms with Crippen molar-refractivity contribution in [1.29, 1.82) is 0 Å². The van der Waals surface area contributed by atoms with Crippen molar-refractivity contribution in [2.24, 2.45) is 11.8 Å². The van der Waals surface area contributed by atoms with Crippen LogP contribution in [-0.2, 0) is 0 Å². The van der Waals surface area contributed by atoms with E-state index in [-0.39, 0.29) is 0 Å². The highest BCUT2D eigenvalue weighted by Gasteiger charge is 2.03. The summed E-state index contributed by atoms with van der Waals surface area (Å²) in [6.45, 7) is 13.5. The molecule has 0 aliphatic rings. The normalized spacial score (nSPS) is 14.8. The molecule has 0 radical (unpaired) electrons. The summed E-state index contributed by atoms with van der Waals surface area (Å²) in [5.74, 6) is 1.78. The van der Waals surface area contributed by atoms with Crippen molar-refractivity contribution in [3.05, 3.63) is 12.2 Å². The molecule has 2 unspecified atom stereocenters. The number of rotatable bonds is 10. The van der Waals surface area contributed by atoms with Crippen molar-refractivity contribution in [2.45, 2.75) is 79.1 Å². The number of allylic oxidation sites excluding steroid dienone is 1. The summed E-state index contributed by atoms with van der Waals surface area (Å²) >= 11 is 0. The van der Waals surface area contributed by atoms with Gasteiger partial charge in [-0.1, -0.05) is 65.5 Å². The van der Waals surface area contributed by atoms with Crippen LogP contribution in [0.3, 0.4) is 0 Å². The van der Waals surface area contributed by atoms with Crippen LogP contribution in [0.5, 0.6) is 0 Å². The van der Waals surface area contributed by atoms with E-state index in [0.29, 0.717) is 0 Å². The molecule has 0 fully saturated rings. The fraction of sp³-hybridized carbons (Fsp3) is 0.875. The second-order valence-electron chi connectivity index (χ2n) is 5.59. The first-order chi connectivity index (χ1) is 7.60. The molecule has 0 amide bonds. The molecule has 0 heterocycles. The van der Waals surface area contributed by atoms with Gasteiger partial charge in [0.05, 0.1) is 0 Å². The van der Waals surface area contributed by atoms with Gasteiger partial charge in [0.1, 0.15) is 0 Å². The van der Waals surface area contributed by atoms with Crippen LogP contribution in [0.4, 0.5) is 0 Å². The highest BCUT2D eigenvalue weighted by Crippen LogP contribution is 2.20. The maximum absolute atomic E-state index is 4.20. The first-order valence-corrected chi connectivity index (χ1v) is 7.26. The minimum atomic E-state index is 0.871. The average Bonchev–Trinajstić information content (AvgIpc) is 2.26. The van der Waals surface area contributed by atoms with Gasteiger partial charge in [-0.15, -0.1) is 0 Å². The maximum atomic E-state index is 4.20. The summed E-state index contributed by atoms with van der Waals surface area (Å²) < 4.78 is 0. The smallest absolute Gasteiger partial charge is 0.0320 e. The Morgan fingerprint density at radius 3 is 2.19 bits per heavy atom. The summed E-state index contributed by atoms with van der Waals surface area (Å²) in [6, 6.07) is 0. The third kappa shape index (κ3) is 9.00. The Morgan fingerprint density at radius 1 is 0.938 bits per heavy atom. The SMILES string of the molecule is C=C(CCCC(C)CCC)CCC(C)CC. The van der Waals surface area contributed by atoms with Crippen LogP contribution in [-0.4, -0.2) is 0 Å². The van der Waals surface area contributed by atoms with Crippen molar-refractivity contribution >= 4 is 0 Å². The topological polar surface area (TPSA) is 0 Å². The molecule has 0 aromatic carbocycles. The van der Waals surface area contributed by atoms with E-state index in [1.165, 1.54) is 56.9 Å². The van der Waals surface area contributed by atoms with Gasteiger partial charge in [-0.25, -0.2) is 0 Å². The lowest BCUT2D eigenvalue weighted by atomic mass is 9.94. The van der Waals surface area contributed by atoms with Gasteiger partial charge in [0.2, 0.25) is 0 Å². The van der Waals surface area contributed by atoms with E-state index >= 15 is 0 Å². The van der Waals surface area contributed by atoms with E-state index in [2.05, 4.69) is 34.3 Å². The zero-order valence-corrected chi connectivity index (χ0v) is 12.0. The van der Waals surface area contributed by atoms with E-state index in [4.69, 9.17) is 0 Å². The quantitative estimate of drug-likeness (QED) is 0.401. The van der Waals surface area contributed by atoms with Crippen LogP contribution in [0.25, 0.3) is 0 Å². The molecule has 0 aliphatic carbocycles. The molecule has 0 aliphatic heterocycles. The Labute approximate surface area is 104 Å². The molecule has 0 aromatic heterocycles. The fourth-order valence-electron chi connectivity index (χ4n) is 2.12. The third-order valence-electron chi connectivity index (χ3n) is 3.70. The predicted molar refractivity (Wildman–Crippen MR) is 75.8 cm³/mol. The van der Waals surface area contributed by atoms with Crippen LogP contribution in [0, 0.1) is 11.8 Å².